The van der Waals surface area contributed by atoms with Gasteiger partial charge in [-0.3, -0.25) is 4.79 Å². The van der Waals surface area contributed by atoms with Gasteiger partial charge in [0.25, 0.3) is 0 Å². The first-order valence-electron chi connectivity index (χ1n) is 9.64. The number of carbonyl (C=O) groups excluding carboxylic acids is 2. The number of nitrogens with one attached hydrogen (secondary N) is 1. The van der Waals surface area contributed by atoms with Gasteiger partial charge in [-0.2, -0.15) is 0 Å². The van der Waals surface area contributed by atoms with Gasteiger partial charge in [-0.25, -0.2) is 4.79 Å². The van der Waals surface area contributed by atoms with Gasteiger partial charge in [0, 0.05) is 37.8 Å². The van der Waals surface area contributed by atoms with Crippen LogP contribution in [0.3, 0.4) is 0 Å². The summed E-state index contributed by atoms with van der Waals surface area (Å²) in [6.07, 6.45) is 8.51. The number of piperidine rings is 1. The maximum atomic E-state index is 12.9. The van der Waals surface area contributed by atoms with Crippen LogP contribution in [0.15, 0.2) is 0 Å². The van der Waals surface area contributed by atoms with Gasteiger partial charge in [0.2, 0.25) is 5.91 Å². The van der Waals surface area contributed by atoms with Gasteiger partial charge in [-0.1, -0.05) is 26.2 Å². The van der Waals surface area contributed by atoms with Gasteiger partial charge in [0.1, 0.15) is 0 Å². The van der Waals surface area contributed by atoms with E-state index < -0.39 is 0 Å². The van der Waals surface area contributed by atoms with Crippen molar-refractivity contribution in [3.05, 3.63) is 0 Å². The summed E-state index contributed by atoms with van der Waals surface area (Å²) >= 11 is 1.94. The van der Waals surface area contributed by atoms with E-state index in [0.717, 1.165) is 70.5 Å². The molecule has 5 nitrogen and oxygen atoms in total. The molecule has 3 aliphatic rings. The van der Waals surface area contributed by atoms with Crippen molar-refractivity contribution >= 4 is 23.7 Å². The normalized spacial score (nSPS) is 23.9. The first-order valence-corrected chi connectivity index (χ1v) is 10.6. The number of unbranched alkanes of at least 4 members (excludes halogenated alkanes) is 1. The van der Waals surface area contributed by atoms with E-state index in [2.05, 4.69) is 17.1 Å². The second-order valence-electron chi connectivity index (χ2n) is 7.34. The fraction of sp³-hybridized carbons (Fsp3) is 0.889. The van der Waals surface area contributed by atoms with Crippen molar-refractivity contribution in [2.75, 3.05) is 31.9 Å². The van der Waals surface area contributed by atoms with E-state index in [-0.39, 0.29) is 16.8 Å². The summed E-state index contributed by atoms with van der Waals surface area (Å²) in [5, 5.41) is 3.01. The summed E-state index contributed by atoms with van der Waals surface area (Å²) in [5.41, 5.74) is 0. The summed E-state index contributed by atoms with van der Waals surface area (Å²) in [6.45, 7) is 5.31. The molecular weight excluding hydrogens is 322 g/mol. The number of nitrogens with zero attached hydrogens (tertiary/aromatic N) is 2. The Balaban J connectivity index is 1.55. The molecule has 2 saturated heterocycles. The maximum Gasteiger partial charge on any atom is 0.317 e. The molecule has 0 aromatic heterocycles. The molecule has 0 unspecified atom stereocenters. The lowest BCUT2D eigenvalue weighted by Gasteiger charge is -2.44. The molecule has 0 atom stereocenters. The summed E-state index contributed by atoms with van der Waals surface area (Å²) in [4.78, 5) is 29.2. The Morgan fingerprint density at radius 3 is 2.54 bits per heavy atom. The molecule has 6 heteroatoms. The monoisotopic (exact) mass is 353 g/mol. The molecule has 3 fully saturated rings. The molecule has 136 valence electrons. The second-order valence-corrected chi connectivity index (χ2v) is 8.80. The molecule has 3 amide bonds. The fourth-order valence-corrected chi connectivity index (χ4v) is 5.73. The smallest absolute Gasteiger partial charge is 0.317 e. The van der Waals surface area contributed by atoms with Crippen LogP contribution in [0.5, 0.6) is 0 Å². The van der Waals surface area contributed by atoms with Crippen molar-refractivity contribution in [1.82, 2.24) is 15.1 Å². The van der Waals surface area contributed by atoms with E-state index in [1.165, 1.54) is 12.8 Å². The van der Waals surface area contributed by atoms with Crippen LogP contribution in [0.1, 0.15) is 58.3 Å². The lowest BCUT2D eigenvalue weighted by atomic mass is 9.99. The first kappa shape index (κ1) is 17.9. The zero-order chi connectivity index (χ0) is 17.0. The highest BCUT2D eigenvalue weighted by Crippen LogP contribution is 2.45. The molecule has 0 aromatic carbocycles. The average molecular weight is 354 g/mol. The SMILES string of the molecule is CCCCNC(=O)N1CCC2(CC1)SCCN2C(=O)C1CCCC1. The Kier molecular flexibility index (Phi) is 5.95. The topological polar surface area (TPSA) is 52.7 Å². The van der Waals surface area contributed by atoms with Crippen molar-refractivity contribution in [2.45, 2.75) is 63.2 Å². The highest BCUT2D eigenvalue weighted by atomic mass is 32.2. The number of hydrogen-bond donors (Lipinski definition) is 1. The number of rotatable bonds is 4. The molecule has 3 rings (SSSR count). The average Bonchev–Trinajstić information content (AvgIpc) is 3.25. The number of hydrogen-bond acceptors (Lipinski definition) is 3. The van der Waals surface area contributed by atoms with Gasteiger partial charge in [-0.15, -0.1) is 11.8 Å². The third-order valence-electron chi connectivity index (χ3n) is 5.79. The predicted molar refractivity (Wildman–Crippen MR) is 98.0 cm³/mol. The molecule has 0 bridgehead atoms. The lowest BCUT2D eigenvalue weighted by molar-refractivity contribution is -0.138. The van der Waals surface area contributed by atoms with Gasteiger partial charge < -0.3 is 15.1 Å². The molecule has 0 radical (unpaired) electrons. The largest absolute Gasteiger partial charge is 0.338 e. The molecular formula is C18H31N3O2S. The van der Waals surface area contributed by atoms with E-state index in [9.17, 15) is 9.59 Å². The van der Waals surface area contributed by atoms with Crippen LogP contribution in [0, 0.1) is 5.92 Å². The third kappa shape index (κ3) is 3.68. The number of thioether (sulfide) groups is 1. The third-order valence-corrected chi connectivity index (χ3v) is 7.34. The van der Waals surface area contributed by atoms with Crippen LogP contribution in [-0.2, 0) is 4.79 Å². The van der Waals surface area contributed by atoms with Gasteiger partial charge in [0.05, 0.1) is 4.87 Å². The number of urea groups is 1. The highest BCUT2D eigenvalue weighted by molar-refractivity contribution is 8.00. The van der Waals surface area contributed by atoms with Gasteiger partial charge in [-0.05, 0) is 32.1 Å². The Morgan fingerprint density at radius 1 is 1.17 bits per heavy atom. The van der Waals surface area contributed by atoms with Crippen molar-refractivity contribution in [1.29, 1.82) is 0 Å². The zero-order valence-corrected chi connectivity index (χ0v) is 15.7. The molecule has 0 aromatic rings. The second kappa shape index (κ2) is 7.98. The molecule has 2 aliphatic heterocycles. The molecule has 1 saturated carbocycles. The van der Waals surface area contributed by atoms with Crippen molar-refractivity contribution < 1.29 is 9.59 Å². The number of likely N-dealkylation sites (tertiary alicyclic amines) is 1. The minimum absolute atomic E-state index is 0.0418. The van der Waals surface area contributed by atoms with Crippen LogP contribution in [-0.4, -0.2) is 58.5 Å². The molecule has 1 spiro atoms. The van der Waals surface area contributed by atoms with Crippen LogP contribution in [0.25, 0.3) is 0 Å². The van der Waals surface area contributed by atoms with E-state index >= 15 is 0 Å². The van der Waals surface area contributed by atoms with Crippen molar-refractivity contribution in [3.8, 4) is 0 Å². The number of carbonyl (C=O) groups is 2. The summed E-state index contributed by atoms with van der Waals surface area (Å²) in [5.74, 6) is 1.69. The van der Waals surface area contributed by atoms with E-state index in [4.69, 9.17) is 0 Å². The van der Waals surface area contributed by atoms with Crippen molar-refractivity contribution in [3.63, 3.8) is 0 Å². The van der Waals surface area contributed by atoms with Crippen LogP contribution in [0.4, 0.5) is 4.79 Å². The van der Waals surface area contributed by atoms with E-state index in [0.29, 0.717) is 5.91 Å². The maximum absolute atomic E-state index is 12.9. The Morgan fingerprint density at radius 2 is 1.88 bits per heavy atom. The predicted octanol–water partition coefficient (Wildman–Crippen LogP) is 3.05. The van der Waals surface area contributed by atoms with E-state index in [1.54, 1.807) is 0 Å². The molecule has 1 aliphatic carbocycles. The first-order chi connectivity index (χ1) is 11.7. The van der Waals surface area contributed by atoms with Gasteiger partial charge >= 0.3 is 6.03 Å². The molecule has 24 heavy (non-hydrogen) atoms. The minimum atomic E-state index is -0.0418. The Hall–Kier alpha value is -0.910. The quantitative estimate of drug-likeness (QED) is 0.790. The number of amides is 3. The summed E-state index contributed by atoms with van der Waals surface area (Å²) in [7, 11) is 0. The molecule has 2 heterocycles. The van der Waals surface area contributed by atoms with Gasteiger partial charge in [0.15, 0.2) is 0 Å². The Labute approximate surface area is 149 Å². The zero-order valence-electron chi connectivity index (χ0n) is 14.9. The lowest BCUT2D eigenvalue weighted by Crippen LogP contribution is -2.56. The summed E-state index contributed by atoms with van der Waals surface area (Å²) in [6, 6.07) is 0.0648. The molecule has 1 N–H and O–H groups in total. The minimum Gasteiger partial charge on any atom is -0.338 e. The fourth-order valence-electron chi connectivity index (χ4n) is 4.27. The van der Waals surface area contributed by atoms with Crippen LogP contribution in [0.2, 0.25) is 0 Å². The van der Waals surface area contributed by atoms with Crippen molar-refractivity contribution in [2.24, 2.45) is 5.92 Å². The highest BCUT2D eigenvalue weighted by Gasteiger charge is 2.48. The summed E-state index contributed by atoms with van der Waals surface area (Å²) < 4.78 is 0. The van der Waals surface area contributed by atoms with E-state index in [1.807, 2.05) is 16.7 Å². The Bertz CT molecular complexity index is 457. The van der Waals surface area contributed by atoms with Crippen LogP contribution >= 0.6 is 11.8 Å². The van der Waals surface area contributed by atoms with Crippen LogP contribution < -0.4 is 5.32 Å². The standard InChI is InChI=1S/C18H31N3O2S/c1-2-3-10-19-17(23)20-11-8-18(9-12-20)21(13-14-24-18)16(22)15-6-4-5-7-15/h15H,2-14H2,1H3,(H,19,23).